The summed E-state index contributed by atoms with van der Waals surface area (Å²) < 4.78 is 15.1. The van der Waals surface area contributed by atoms with Crippen molar-refractivity contribution in [2.75, 3.05) is 6.61 Å². The van der Waals surface area contributed by atoms with Crippen LogP contribution < -0.4 is 5.73 Å². The molecular formula is C19H34NO5P. The summed E-state index contributed by atoms with van der Waals surface area (Å²) in [6.07, 6.45) is 8.87. The molecule has 0 aromatic heterocycles. The van der Waals surface area contributed by atoms with E-state index in [-0.39, 0.29) is 12.3 Å². The van der Waals surface area contributed by atoms with Crippen LogP contribution in [0.4, 0.5) is 0 Å². The summed E-state index contributed by atoms with van der Waals surface area (Å²) in [4.78, 5) is 17.4. The van der Waals surface area contributed by atoms with Crippen LogP contribution in [0.2, 0.25) is 0 Å². The Kier molecular flexibility index (Phi) is 10.0. The van der Waals surface area contributed by atoms with E-state index in [0.717, 1.165) is 12.0 Å². The highest BCUT2D eigenvalue weighted by atomic mass is 31.2. The Morgan fingerprint density at radius 2 is 1.69 bits per heavy atom. The molecule has 0 bridgehead atoms. The van der Waals surface area contributed by atoms with Gasteiger partial charge >= 0.3 is 7.82 Å². The van der Waals surface area contributed by atoms with Gasteiger partial charge in [0.25, 0.3) is 0 Å². The largest absolute Gasteiger partial charge is 0.469 e. The van der Waals surface area contributed by atoms with Crippen LogP contribution in [0.5, 0.6) is 0 Å². The Labute approximate surface area is 157 Å². The monoisotopic (exact) mass is 387 g/mol. The molecule has 6 nitrogen and oxygen atoms in total. The van der Waals surface area contributed by atoms with Crippen molar-refractivity contribution in [3.05, 3.63) is 35.4 Å². The van der Waals surface area contributed by atoms with Crippen LogP contribution in [-0.4, -0.2) is 27.2 Å². The average Bonchev–Trinajstić information content (AvgIpc) is 2.56. The van der Waals surface area contributed by atoms with Crippen molar-refractivity contribution >= 4 is 7.82 Å². The number of nitrogens with two attached hydrogens (primary N) is 1. The second-order valence-corrected chi connectivity index (χ2v) is 8.47. The van der Waals surface area contributed by atoms with Crippen molar-refractivity contribution in [1.82, 2.24) is 0 Å². The highest BCUT2D eigenvalue weighted by molar-refractivity contribution is 7.46. The molecule has 1 aromatic rings. The summed E-state index contributed by atoms with van der Waals surface area (Å²) in [6.45, 7) is 3.52. The van der Waals surface area contributed by atoms with Gasteiger partial charge in [0.1, 0.15) is 12.3 Å². The lowest BCUT2D eigenvalue weighted by atomic mass is 9.91. The minimum absolute atomic E-state index is 0.0616. The molecule has 0 radical (unpaired) electrons. The van der Waals surface area contributed by atoms with Crippen LogP contribution in [0.15, 0.2) is 24.3 Å². The van der Waals surface area contributed by atoms with Gasteiger partial charge in [0.05, 0.1) is 0 Å². The number of phosphoric ester groups is 1. The highest BCUT2D eigenvalue weighted by Gasteiger charge is 2.29. The molecule has 5 N–H and O–H groups in total. The van der Waals surface area contributed by atoms with Crippen molar-refractivity contribution in [2.24, 2.45) is 5.73 Å². The first-order chi connectivity index (χ1) is 12.1. The zero-order valence-corrected chi connectivity index (χ0v) is 16.8. The lowest BCUT2D eigenvalue weighted by Crippen LogP contribution is -2.45. The lowest BCUT2D eigenvalue weighted by Gasteiger charge is -2.26. The summed E-state index contributed by atoms with van der Waals surface area (Å²) in [5.74, 6) is -0.0616. The molecule has 150 valence electrons. The fourth-order valence-corrected chi connectivity index (χ4v) is 3.42. The van der Waals surface area contributed by atoms with Gasteiger partial charge in [-0.05, 0) is 36.3 Å². The molecule has 7 heteroatoms. The highest BCUT2D eigenvalue weighted by Crippen LogP contribution is 2.37. The molecule has 0 amide bonds. The van der Waals surface area contributed by atoms with Gasteiger partial charge in [-0.1, -0.05) is 70.2 Å². The van der Waals surface area contributed by atoms with Crippen LogP contribution in [0.1, 0.15) is 75.8 Å². The van der Waals surface area contributed by atoms with E-state index in [1.165, 1.54) is 44.1 Å². The Bertz CT molecular complexity index is 556. The summed E-state index contributed by atoms with van der Waals surface area (Å²) in [5, 5.41) is 10.1. The normalized spacial score (nSPS) is 15.6. The molecule has 0 fully saturated rings. The predicted molar refractivity (Wildman–Crippen MR) is 104 cm³/mol. The van der Waals surface area contributed by atoms with E-state index < -0.39 is 20.2 Å². The molecule has 1 aromatic carbocycles. The molecule has 0 heterocycles. The zero-order valence-electron chi connectivity index (χ0n) is 15.9. The molecule has 2 unspecified atom stereocenters. The van der Waals surface area contributed by atoms with E-state index in [1.54, 1.807) is 0 Å². The Morgan fingerprint density at radius 3 is 2.27 bits per heavy atom. The SMILES string of the molecule is CCCCCCCCc1ccc(C(C)CC(N)(O)COP(=O)(O)O)cc1. The molecular weight excluding hydrogens is 353 g/mol. The van der Waals surface area contributed by atoms with Crippen LogP contribution in [0.25, 0.3) is 0 Å². The van der Waals surface area contributed by atoms with E-state index in [4.69, 9.17) is 15.5 Å². The molecule has 0 spiro atoms. The van der Waals surface area contributed by atoms with E-state index in [9.17, 15) is 9.67 Å². The van der Waals surface area contributed by atoms with Gasteiger partial charge in [0, 0.05) is 0 Å². The average molecular weight is 387 g/mol. The Balaban J connectivity index is 2.43. The van der Waals surface area contributed by atoms with Crippen LogP contribution in [0, 0.1) is 0 Å². The topological polar surface area (TPSA) is 113 Å². The van der Waals surface area contributed by atoms with Crippen molar-refractivity contribution in [3.8, 4) is 0 Å². The molecule has 2 atom stereocenters. The smallest absolute Gasteiger partial charge is 0.374 e. The quantitative estimate of drug-likeness (QED) is 0.232. The number of benzene rings is 1. The van der Waals surface area contributed by atoms with Crippen molar-refractivity contribution < 1.29 is 24.0 Å². The fraction of sp³-hybridized carbons (Fsp3) is 0.684. The standard InChI is InChI=1S/C19H34NO5P/c1-3-4-5-6-7-8-9-17-10-12-18(13-11-17)16(2)14-19(20,21)15-25-26(22,23)24/h10-13,16,21H,3-9,14-15,20H2,1-2H3,(H2,22,23,24). The maximum absolute atomic E-state index is 10.7. The summed E-state index contributed by atoms with van der Waals surface area (Å²) >= 11 is 0. The predicted octanol–water partition coefficient (Wildman–Crippen LogP) is 3.84. The number of aliphatic hydroxyl groups is 1. The minimum Gasteiger partial charge on any atom is -0.374 e. The van der Waals surface area contributed by atoms with Crippen LogP contribution in [0.3, 0.4) is 0 Å². The summed E-state index contributed by atoms with van der Waals surface area (Å²) in [6, 6.07) is 8.24. The number of unbranched alkanes of at least 4 members (excludes halogenated alkanes) is 5. The minimum atomic E-state index is -4.64. The van der Waals surface area contributed by atoms with Crippen molar-refractivity contribution in [3.63, 3.8) is 0 Å². The van der Waals surface area contributed by atoms with Crippen LogP contribution in [-0.2, 0) is 15.5 Å². The van der Waals surface area contributed by atoms with Gasteiger partial charge in [-0.2, -0.15) is 0 Å². The fourth-order valence-electron chi connectivity index (χ4n) is 3.03. The van der Waals surface area contributed by atoms with Crippen LogP contribution >= 0.6 is 7.82 Å². The number of phosphoric acid groups is 1. The van der Waals surface area contributed by atoms with E-state index in [0.29, 0.717) is 0 Å². The Hall–Kier alpha value is -0.750. The van der Waals surface area contributed by atoms with Gasteiger partial charge in [0.2, 0.25) is 0 Å². The van der Waals surface area contributed by atoms with Gasteiger partial charge in [0.15, 0.2) is 0 Å². The molecule has 0 aliphatic carbocycles. The maximum Gasteiger partial charge on any atom is 0.469 e. The van der Waals surface area contributed by atoms with Gasteiger partial charge in [-0.25, -0.2) is 4.57 Å². The van der Waals surface area contributed by atoms with E-state index >= 15 is 0 Å². The molecule has 0 aliphatic heterocycles. The first kappa shape index (κ1) is 23.3. The molecule has 0 aliphatic rings. The number of hydrogen-bond donors (Lipinski definition) is 4. The van der Waals surface area contributed by atoms with Gasteiger partial charge in [-0.3, -0.25) is 4.52 Å². The van der Waals surface area contributed by atoms with Gasteiger partial charge < -0.3 is 20.6 Å². The molecule has 1 rings (SSSR count). The zero-order chi connectivity index (χ0) is 19.6. The first-order valence-corrected chi connectivity index (χ1v) is 11.0. The Morgan fingerprint density at radius 1 is 1.12 bits per heavy atom. The molecule has 0 saturated carbocycles. The summed E-state index contributed by atoms with van der Waals surface area (Å²) in [7, 11) is -4.64. The third kappa shape index (κ3) is 10.4. The summed E-state index contributed by atoms with van der Waals surface area (Å²) in [5.41, 5.74) is 6.22. The maximum atomic E-state index is 10.7. The van der Waals surface area contributed by atoms with Gasteiger partial charge in [-0.15, -0.1) is 0 Å². The lowest BCUT2D eigenvalue weighted by molar-refractivity contribution is -0.0198. The van der Waals surface area contributed by atoms with E-state index in [2.05, 4.69) is 23.6 Å². The second-order valence-electron chi connectivity index (χ2n) is 7.23. The van der Waals surface area contributed by atoms with Crippen molar-refractivity contribution in [1.29, 1.82) is 0 Å². The first-order valence-electron chi connectivity index (χ1n) is 9.43. The third-order valence-electron chi connectivity index (χ3n) is 4.51. The van der Waals surface area contributed by atoms with Crippen molar-refractivity contribution in [2.45, 2.75) is 76.9 Å². The number of aryl methyl sites for hydroxylation is 1. The molecule has 0 saturated heterocycles. The third-order valence-corrected chi connectivity index (χ3v) is 4.98. The number of hydrogen-bond acceptors (Lipinski definition) is 4. The molecule has 26 heavy (non-hydrogen) atoms. The second kappa shape index (κ2) is 11.2. The van der Waals surface area contributed by atoms with E-state index in [1.807, 2.05) is 19.1 Å². The number of rotatable bonds is 13.